The van der Waals surface area contributed by atoms with Crippen molar-refractivity contribution in [2.45, 2.75) is 46.1 Å². The van der Waals surface area contributed by atoms with E-state index in [0.717, 1.165) is 29.7 Å². The molecule has 0 aliphatic carbocycles. The fourth-order valence-electron chi connectivity index (χ4n) is 2.59. The van der Waals surface area contributed by atoms with Crippen molar-refractivity contribution in [2.75, 3.05) is 5.88 Å². The average Bonchev–Trinajstić information content (AvgIpc) is 2.76. The summed E-state index contributed by atoms with van der Waals surface area (Å²) in [5.41, 5.74) is 2.01. The van der Waals surface area contributed by atoms with Crippen molar-refractivity contribution in [3.8, 4) is 0 Å². The highest BCUT2D eigenvalue weighted by Gasteiger charge is 2.17. The molecule has 0 saturated heterocycles. The monoisotopic (exact) mass is 312 g/mol. The van der Waals surface area contributed by atoms with E-state index >= 15 is 0 Å². The third-order valence-corrected chi connectivity index (χ3v) is 4.16. The van der Waals surface area contributed by atoms with Crippen molar-refractivity contribution >= 4 is 34.2 Å². The topological polar surface area (TPSA) is 17.8 Å². The van der Waals surface area contributed by atoms with Crippen LogP contribution in [0.25, 0.3) is 11.0 Å². The number of hydrogen-bond donors (Lipinski definition) is 0. The van der Waals surface area contributed by atoms with Gasteiger partial charge in [-0.05, 0) is 37.8 Å². The fourth-order valence-corrected chi connectivity index (χ4v) is 2.97. The van der Waals surface area contributed by atoms with E-state index in [4.69, 9.17) is 28.2 Å². The highest BCUT2D eigenvalue weighted by atomic mass is 35.5. The molecule has 0 bridgehead atoms. The lowest BCUT2D eigenvalue weighted by molar-refractivity contribution is 0.438. The molecule has 20 heavy (non-hydrogen) atoms. The molecule has 2 rings (SSSR count). The number of imidazole rings is 1. The van der Waals surface area contributed by atoms with Gasteiger partial charge in [0.25, 0.3) is 0 Å². The van der Waals surface area contributed by atoms with Crippen LogP contribution in [0.1, 0.15) is 45.5 Å². The number of benzene rings is 1. The van der Waals surface area contributed by atoms with Crippen LogP contribution in [0, 0.1) is 5.92 Å². The number of nitrogens with zero attached hydrogens (tertiary/aromatic N) is 2. The van der Waals surface area contributed by atoms with Crippen LogP contribution in [0.4, 0.5) is 0 Å². The van der Waals surface area contributed by atoms with Gasteiger partial charge in [-0.15, -0.1) is 11.6 Å². The first-order chi connectivity index (χ1) is 9.54. The maximum Gasteiger partial charge on any atom is 0.111 e. The van der Waals surface area contributed by atoms with Crippen molar-refractivity contribution in [3.63, 3.8) is 0 Å². The molecule has 1 heterocycles. The SMILES string of the molecule is CC(C)CCC(C)n1c(CCCl)nc2c(Cl)cccc21. The average molecular weight is 313 g/mol. The molecule has 1 aromatic heterocycles. The van der Waals surface area contributed by atoms with Gasteiger partial charge in [0.1, 0.15) is 11.3 Å². The van der Waals surface area contributed by atoms with Crippen molar-refractivity contribution in [1.82, 2.24) is 9.55 Å². The minimum absolute atomic E-state index is 0.416. The molecule has 2 aromatic rings. The summed E-state index contributed by atoms with van der Waals surface area (Å²) in [6.45, 7) is 6.77. The van der Waals surface area contributed by atoms with Gasteiger partial charge in [-0.1, -0.05) is 31.5 Å². The number of halogens is 2. The summed E-state index contributed by atoms with van der Waals surface area (Å²) < 4.78 is 2.31. The molecule has 0 aliphatic heterocycles. The molecule has 1 atom stereocenters. The van der Waals surface area contributed by atoms with Gasteiger partial charge < -0.3 is 4.57 Å². The zero-order chi connectivity index (χ0) is 14.7. The fraction of sp³-hybridized carbons (Fsp3) is 0.562. The van der Waals surface area contributed by atoms with Crippen LogP contribution in [0.3, 0.4) is 0 Å². The van der Waals surface area contributed by atoms with E-state index < -0.39 is 0 Å². The van der Waals surface area contributed by atoms with Gasteiger partial charge in [0.15, 0.2) is 0 Å². The van der Waals surface area contributed by atoms with Crippen molar-refractivity contribution in [2.24, 2.45) is 5.92 Å². The summed E-state index contributed by atoms with van der Waals surface area (Å²) in [5, 5.41) is 0.716. The first kappa shape index (κ1) is 15.7. The smallest absolute Gasteiger partial charge is 0.111 e. The molecule has 0 amide bonds. The molecule has 0 fully saturated rings. The van der Waals surface area contributed by atoms with Gasteiger partial charge in [0.05, 0.1) is 10.5 Å². The third kappa shape index (κ3) is 3.29. The van der Waals surface area contributed by atoms with E-state index in [2.05, 4.69) is 31.4 Å². The molecule has 0 radical (unpaired) electrons. The summed E-state index contributed by atoms with van der Waals surface area (Å²) in [6.07, 6.45) is 3.13. The van der Waals surface area contributed by atoms with Crippen molar-refractivity contribution in [1.29, 1.82) is 0 Å². The lowest BCUT2D eigenvalue weighted by atomic mass is 10.0. The van der Waals surface area contributed by atoms with Crippen molar-refractivity contribution < 1.29 is 0 Å². The zero-order valence-corrected chi connectivity index (χ0v) is 13.9. The minimum atomic E-state index is 0.416. The Bertz CT molecular complexity index is 575. The van der Waals surface area contributed by atoms with Gasteiger partial charge in [0, 0.05) is 18.3 Å². The molecule has 4 heteroatoms. The number of alkyl halides is 1. The van der Waals surface area contributed by atoms with Gasteiger partial charge in [-0.3, -0.25) is 0 Å². The molecule has 1 unspecified atom stereocenters. The summed E-state index contributed by atoms with van der Waals surface area (Å²) in [5.74, 6) is 2.34. The van der Waals surface area contributed by atoms with E-state index in [1.54, 1.807) is 0 Å². The number of aromatic nitrogens is 2. The van der Waals surface area contributed by atoms with Crippen LogP contribution in [-0.4, -0.2) is 15.4 Å². The Morgan fingerprint density at radius 2 is 1.95 bits per heavy atom. The Morgan fingerprint density at radius 3 is 2.60 bits per heavy atom. The van der Waals surface area contributed by atoms with E-state index in [-0.39, 0.29) is 0 Å². The Balaban J connectivity index is 2.43. The van der Waals surface area contributed by atoms with Crippen LogP contribution in [0.2, 0.25) is 5.02 Å². The maximum atomic E-state index is 6.27. The Kier molecular flexibility index (Phi) is 5.34. The number of fused-ring (bicyclic) bond motifs is 1. The summed E-state index contributed by atoms with van der Waals surface area (Å²) >= 11 is 12.2. The van der Waals surface area contributed by atoms with Crippen LogP contribution in [0.15, 0.2) is 18.2 Å². The number of aryl methyl sites for hydroxylation is 1. The molecule has 2 nitrogen and oxygen atoms in total. The van der Waals surface area contributed by atoms with Crippen LogP contribution in [0.5, 0.6) is 0 Å². The number of hydrogen-bond acceptors (Lipinski definition) is 1. The second-order valence-corrected chi connectivity index (χ2v) is 6.55. The van der Waals surface area contributed by atoms with Gasteiger partial charge in [0.2, 0.25) is 0 Å². The van der Waals surface area contributed by atoms with Gasteiger partial charge >= 0.3 is 0 Å². The standard InChI is InChI=1S/C16H22Cl2N2/c1-11(2)7-8-12(3)20-14-6-4-5-13(18)16(14)19-15(20)9-10-17/h4-6,11-12H,7-10H2,1-3H3. The normalized spacial score (nSPS) is 13.3. The van der Waals surface area contributed by atoms with Crippen molar-refractivity contribution in [3.05, 3.63) is 29.0 Å². The van der Waals surface area contributed by atoms with E-state index in [0.29, 0.717) is 22.9 Å². The first-order valence-corrected chi connectivity index (χ1v) is 8.17. The quantitative estimate of drug-likeness (QED) is 0.647. The Labute approximate surface area is 131 Å². The lowest BCUT2D eigenvalue weighted by Gasteiger charge is -2.18. The molecule has 0 aliphatic rings. The highest BCUT2D eigenvalue weighted by molar-refractivity contribution is 6.34. The molecular formula is C16H22Cl2N2. The van der Waals surface area contributed by atoms with E-state index in [1.807, 2.05) is 12.1 Å². The minimum Gasteiger partial charge on any atom is -0.325 e. The van der Waals surface area contributed by atoms with E-state index in [1.165, 1.54) is 6.42 Å². The molecule has 0 saturated carbocycles. The molecule has 110 valence electrons. The molecular weight excluding hydrogens is 291 g/mol. The van der Waals surface area contributed by atoms with Gasteiger partial charge in [-0.25, -0.2) is 4.98 Å². The first-order valence-electron chi connectivity index (χ1n) is 7.25. The number of para-hydroxylation sites is 1. The zero-order valence-electron chi connectivity index (χ0n) is 12.4. The maximum absolute atomic E-state index is 6.27. The molecule has 0 spiro atoms. The predicted molar refractivity (Wildman–Crippen MR) is 88.0 cm³/mol. The lowest BCUT2D eigenvalue weighted by Crippen LogP contribution is -2.11. The largest absolute Gasteiger partial charge is 0.325 e. The van der Waals surface area contributed by atoms with Gasteiger partial charge in [-0.2, -0.15) is 0 Å². The highest BCUT2D eigenvalue weighted by Crippen LogP contribution is 2.29. The summed E-state index contributed by atoms with van der Waals surface area (Å²) in [4.78, 5) is 4.70. The van der Waals surface area contributed by atoms with E-state index in [9.17, 15) is 0 Å². The van der Waals surface area contributed by atoms with Crippen LogP contribution in [-0.2, 0) is 6.42 Å². The third-order valence-electron chi connectivity index (χ3n) is 3.66. The second kappa shape index (κ2) is 6.82. The second-order valence-electron chi connectivity index (χ2n) is 5.76. The summed E-state index contributed by atoms with van der Waals surface area (Å²) in [7, 11) is 0. The van der Waals surface area contributed by atoms with Crippen LogP contribution >= 0.6 is 23.2 Å². The predicted octanol–water partition coefficient (Wildman–Crippen LogP) is 5.47. The Hall–Kier alpha value is -0.730. The number of rotatable bonds is 6. The van der Waals surface area contributed by atoms with Crippen LogP contribution < -0.4 is 0 Å². The molecule has 0 N–H and O–H groups in total. The molecule has 1 aromatic carbocycles. The summed E-state index contributed by atoms with van der Waals surface area (Å²) in [6, 6.07) is 6.39. The Morgan fingerprint density at radius 1 is 1.20 bits per heavy atom.